The molecule has 10 aromatic rings. The molecule has 0 amide bonds. The molecule has 5 nitrogen and oxygen atoms in total. The number of pyridine rings is 1. The van der Waals surface area contributed by atoms with Crippen molar-refractivity contribution in [2.24, 2.45) is 0 Å². The number of anilines is 2. The molecule has 0 saturated heterocycles. The Bertz CT molecular complexity index is 3990. The summed E-state index contributed by atoms with van der Waals surface area (Å²) in [5, 5.41) is 2.40. The van der Waals surface area contributed by atoms with E-state index in [4.69, 9.17) is 9.72 Å². The molecule has 1 aliphatic rings. The average Bonchev–Trinajstić information content (AvgIpc) is 3.62. The monoisotopic (exact) mass is 1080 g/mol. The van der Waals surface area contributed by atoms with Crippen molar-refractivity contribution >= 4 is 33.2 Å². The molecule has 0 unspecified atom stereocenters. The Kier molecular flexibility index (Phi) is 14.1. The molecule has 5 heteroatoms. The third-order valence-electron chi connectivity index (χ3n) is 17.5. The molecule has 0 aliphatic carbocycles. The van der Waals surface area contributed by atoms with Gasteiger partial charge >= 0.3 is 0 Å². The van der Waals surface area contributed by atoms with E-state index in [1.165, 1.54) is 77.9 Å². The van der Waals surface area contributed by atoms with Gasteiger partial charge in [-0.05, 0) is 115 Å². The average molecular weight is 1080 g/mol. The second kappa shape index (κ2) is 20.7. The van der Waals surface area contributed by atoms with Crippen molar-refractivity contribution in [1.29, 1.82) is 0 Å². The predicted octanol–water partition coefficient (Wildman–Crippen LogP) is 20.3. The van der Waals surface area contributed by atoms with Crippen molar-refractivity contribution in [2.45, 2.75) is 136 Å². The predicted molar refractivity (Wildman–Crippen MR) is 347 cm³/mol. The Morgan fingerprint density at radius 1 is 0.366 bits per heavy atom. The fourth-order valence-corrected chi connectivity index (χ4v) is 12.5. The van der Waals surface area contributed by atoms with Gasteiger partial charge in [0.15, 0.2) is 0 Å². The van der Waals surface area contributed by atoms with E-state index in [2.05, 4.69) is 324 Å². The normalized spacial score (nSPS) is 13.9. The molecule has 1 aliphatic heterocycles. The Morgan fingerprint density at radius 2 is 0.841 bits per heavy atom. The van der Waals surface area contributed by atoms with Crippen LogP contribution >= 0.6 is 0 Å². The lowest BCUT2D eigenvalue weighted by Gasteiger charge is -2.38. The van der Waals surface area contributed by atoms with E-state index >= 15 is 0 Å². The highest BCUT2D eigenvalue weighted by Gasteiger charge is 2.47. The zero-order valence-electron chi connectivity index (χ0n) is 51.1. The summed E-state index contributed by atoms with van der Waals surface area (Å²) in [7, 11) is 0. The van der Waals surface area contributed by atoms with E-state index < -0.39 is 10.8 Å². The molecular formula is C77H82N4O. The second-order valence-electron chi connectivity index (χ2n) is 27.5. The zero-order chi connectivity index (χ0) is 58.1. The van der Waals surface area contributed by atoms with E-state index in [1.54, 1.807) is 0 Å². The summed E-state index contributed by atoms with van der Waals surface area (Å²) < 4.78 is 9.84. The molecule has 0 N–H and O–H groups in total. The van der Waals surface area contributed by atoms with Crippen molar-refractivity contribution in [3.63, 3.8) is 0 Å². The first-order valence-electron chi connectivity index (χ1n) is 29.4. The smallest absolute Gasteiger partial charge is 0.137 e. The molecule has 8 aromatic carbocycles. The lowest BCUT2D eigenvalue weighted by molar-refractivity contribution is 0.475. The van der Waals surface area contributed by atoms with Crippen molar-refractivity contribution < 1.29 is 4.74 Å². The number of nitrogens with zero attached hydrogens (tertiary/aromatic N) is 4. The van der Waals surface area contributed by atoms with E-state index in [0.29, 0.717) is 6.67 Å². The van der Waals surface area contributed by atoms with Gasteiger partial charge in [0, 0.05) is 56.7 Å². The number of hydrogen-bond acceptors (Lipinski definition) is 4. The molecule has 0 fully saturated rings. The van der Waals surface area contributed by atoms with Crippen LogP contribution in [0.3, 0.4) is 0 Å². The fraction of sp³-hybridized carbons (Fsp3) is 0.286. The lowest BCUT2D eigenvalue weighted by atomic mass is 9.73. The van der Waals surface area contributed by atoms with Crippen LogP contribution in [0.5, 0.6) is 11.5 Å². The number of benzene rings is 8. The van der Waals surface area contributed by atoms with Gasteiger partial charge in [-0.1, -0.05) is 249 Å². The third kappa shape index (κ3) is 10.3. The number of hydrogen-bond donors (Lipinski definition) is 0. The summed E-state index contributed by atoms with van der Waals surface area (Å²) in [4.78, 5) is 10.4. The Labute approximate surface area is 489 Å². The maximum Gasteiger partial charge on any atom is 0.137 e. The number of para-hydroxylation sites is 1. The van der Waals surface area contributed by atoms with Gasteiger partial charge in [-0.25, -0.2) is 4.98 Å². The standard InChI is InChI=1S/C77H82N4O/c1-72(2,3)58-42-53(52-30-20-16-21-31-52)43-60(44-58)79-51-80(71(77(14,15)56-36-26-19-27-37-56)70(79)76(12,13)55-34-24-18-25-35-55)61-45-59(73(4,5)6)46-62(48-61)82-63-49-65(74(7,8)9)69-64-38-28-29-39-66(64)81(67(69)50-63)68-47-57(40-41-78-68)75(10,11)54-32-22-17-23-33-54/h16-50H,51H2,1-15H3. The van der Waals surface area contributed by atoms with Crippen molar-refractivity contribution in [3.8, 4) is 28.4 Å². The van der Waals surface area contributed by atoms with Crippen LogP contribution in [0.25, 0.3) is 38.8 Å². The molecule has 11 rings (SSSR count). The summed E-state index contributed by atoms with van der Waals surface area (Å²) in [6.07, 6.45) is 1.97. The molecule has 0 radical (unpaired) electrons. The summed E-state index contributed by atoms with van der Waals surface area (Å²) in [6.45, 7) is 35.7. The molecular weight excluding hydrogens is 997 g/mol. The highest BCUT2D eigenvalue weighted by molar-refractivity contribution is 6.11. The van der Waals surface area contributed by atoms with Gasteiger partial charge in [-0.2, -0.15) is 0 Å². The van der Waals surface area contributed by atoms with Gasteiger partial charge in [-0.15, -0.1) is 0 Å². The van der Waals surface area contributed by atoms with Crippen LogP contribution in [-0.4, -0.2) is 16.2 Å². The van der Waals surface area contributed by atoms with E-state index in [0.717, 1.165) is 34.0 Å². The van der Waals surface area contributed by atoms with Crippen LogP contribution in [0, 0.1) is 0 Å². The van der Waals surface area contributed by atoms with Crippen molar-refractivity contribution in [3.05, 3.63) is 263 Å². The summed E-state index contributed by atoms with van der Waals surface area (Å²) in [6, 6.07) is 75.8. The maximum atomic E-state index is 7.49. The first-order valence-corrected chi connectivity index (χ1v) is 29.4. The number of rotatable bonds is 12. The van der Waals surface area contributed by atoms with Crippen LogP contribution in [-0.2, 0) is 32.5 Å². The maximum absolute atomic E-state index is 7.49. The molecule has 0 saturated carbocycles. The molecule has 82 heavy (non-hydrogen) atoms. The van der Waals surface area contributed by atoms with E-state index in [-0.39, 0.29) is 21.7 Å². The lowest BCUT2D eigenvalue weighted by Crippen LogP contribution is -2.35. The molecule has 0 atom stereocenters. The van der Waals surface area contributed by atoms with Crippen LogP contribution in [0.15, 0.2) is 224 Å². The first-order chi connectivity index (χ1) is 38.8. The van der Waals surface area contributed by atoms with Gasteiger partial charge in [0.2, 0.25) is 0 Å². The minimum absolute atomic E-state index is 0.110. The van der Waals surface area contributed by atoms with Crippen molar-refractivity contribution in [2.75, 3.05) is 16.5 Å². The highest BCUT2D eigenvalue weighted by Crippen LogP contribution is 2.52. The highest BCUT2D eigenvalue weighted by atomic mass is 16.5. The summed E-state index contributed by atoms with van der Waals surface area (Å²) in [5.74, 6) is 2.44. The van der Waals surface area contributed by atoms with Crippen molar-refractivity contribution in [1.82, 2.24) is 9.55 Å². The van der Waals surface area contributed by atoms with Gasteiger partial charge in [-0.3, -0.25) is 4.57 Å². The summed E-state index contributed by atoms with van der Waals surface area (Å²) in [5.41, 5.74) is 16.2. The van der Waals surface area contributed by atoms with Gasteiger partial charge < -0.3 is 14.5 Å². The van der Waals surface area contributed by atoms with E-state index in [1.807, 2.05) is 6.20 Å². The number of aromatic nitrogens is 2. The third-order valence-corrected chi connectivity index (χ3v) is 17.5. The Hall–Kier alpha value is -8.15. The Balaban J connectivity index is 1.14. The second-order valence-corrected chi connectivity index (χ2v) is 27.5. The fourth-order valence-electron chi connectivity index (χ4n) is 12.5. The first kappa shape index (κ1) is 55.7. The van der Waals surface area contributed by atoms with Crippen LogP contribution in [0.4, 0.5) is 11.4 Å². The Morgan fingerprint density at radius 3 is 1.38 bits per heavy atom. The topological polar surface area (TPSA) is 33.5 Å². The molecule has 2 aromatic heterocycles. The van der Waals surface area contributed by atoms with Gasteiger partial charge in [0.05, 0.1) is 29.1 Å². The van der Waals surface area contributed by atoms with Gasteiger partial charge in [0.25, 0.3) is 0 Å². The minimum Gasteiger partial charge on any atom is -0.457 e. The number of ether oxygens (including phenoxy) is 1. The SMILES string of the molecule is CC(C)(C)c1cc(Oc2cc(C(C)(C)C)c3c4ccccc4n(-c4cc(C(C)(C)c5ccccc5)ccn4)c3c2)cc(N2CN(c3cc(-c4ccccc4)cc(C(C)(C)C)c3)C(C(C)(C)c3ccccc3)=C2C(C)(C)c2ccccc2)c1. The van der Waals surface area contributed by atoms with Gasteiger partial charge in [0.1, 0.15) is 17.3 Å². The quantitative estimate of drug-likeness (QED) is 0.122. The minimum atomic E-state index is -0.470. The molecule has 0 bridgehead atoms. The largest absolute Gasteiger partial charge is 0.457 e. The van der Waals surface area contributed by atoms with Crippen LogP contribution in [0.2, 0.25) is 0 Å². The van der Waals surface area contributed by atoms with E-state index in [9.17, 15) is 0 Å². The molecule has 0 spiro atoms. The van der Waals surface area contributed by atoms with Crippen LogP contribution in [0.1, 0.15) is 143 Å². The zero-order valence-corrected chi connectivity index (χ0v) is 51.1. The number of allylic oxidation sites excluding steroid dienone is 2. The number of fused-ring (bicyclic) bond motifs is 3. The molecule has 416 valence electrons. The summed E-state index contributed by atoms with van der Waals surface area (Å²) >= 11 is 0. The van der Waals surface area contributed by atoms with Crippen LogP contribution < -0.4 is 14.5 Å². The molecule has 3 heterocycles.